The molecule has 0 aliphatic heterocycles. The van der Waals surface area contributed by atoms with Crippen LogP contribution in [0.4, 0.5) is 26.3 Å². The Bertz CT molecular complexity index is 2110. The van der Waals surface area contributed by atoms with Crippen molar-refractivity contribution in [2.24, 2.45) is 0 Å². The van der Waals surface area contributed by atoms with E-state index in [0.29, 0.717) is 34.4 Å². The number of fused-ring (bicyclic) bond motifs is 2. The van der Waals surface area contributed by atoms with Crippen molar-refractivity contribution in [3.05, 3.63) is 131 Å². The molecule has 0 saturated heterocycles. The molecule has 6 aromatic carbocycles. The molecule has 0 radical (unpaired) electrons. The van der Waals surface area contributed by atoms with Crippen LogP contribution in [0.1, 0.15) is 61.3 Å². The molecule has 0 atom stereocenters. The second-order valence-corrected chi connectivity index (χ2v) is 11.6. The maximum absolute atomic E-state index is 14.7. The molecule has 4 nitrogen and oxygen atoms in total. The van der Waals surface area contributed by atoms with E-state index in [9.17, 15) is 35.9 Å². The first-order chi connectivity index (χ1) is 25.0. The largest absolute Gasteiger partial charge is 0.462 e. The van der Waals surface area contributed by atoms with E-state index in [2.05, 4.69) is 0 Å². The molecule has 0 aliphatic rings. The summed E-state index contributed by atoms with van der Waals surface area (Å²) in [5.41, 5.74) is -0.762. The first kappa shape index (κ1) is 37.6. The van der Waals surface area contributed by atoms with Crippen LogP contribution in [0.15, 0.2) is 84.9 Å². The molecule has 0 bridgehead atoms. The lowest BCUT2D eigenvalue weighted by molar-refractivity contribution is 0.0495. The van der Waals surface area contributed by atoms with Gasteiger partial charge in [0.2, 0.25) is 0 Å². The minimum absolute atomic E-state index is 0.0427. The number of esters is 2. The van der Waals surface area contributed by atoms with Gasteiger partial charge in [-0.3, -0.25) is 0 Å². The summed E-state index contributed by atoms with van der Waals surface area (Å²) in [5.74, 6) is -11.3. The van der Waals surface area contributed by atoms with E-state index in [4.69, 9.17) is 9.47 Å². The lowest BCUT2D eigenvalue weighted by atomic mass is 9.81. The van der Waals surface area contributed by atoms with Crippen LogP contribution in [0, 0.1) is 34.9 Å². The minimum atomic E-state index is -1.71. The number of hydrogen-bond acceptors (Lipinski definition) is 4. The van der Waals surface area contributed by atoms with Gasteiger partial charge in [-0.05, 0) is 93.0 Å². The van der Waals surface area contributed by atoms with Crippen LogP contribution in [-0.2, 0) is 9.47 Å². The van der Waals surface area contributed by atoms with Crippen molar-refractivity contribution in [1.82, 2.24) is 0 Å². The van der Waals surface area contributed by atoms with Crippen LogP contribution in [0.5, 0.6) is 0 Å². The quantitative estimate of drug-likeness (QED) is 0.0849. The van der Waals surface area contributed by atoms with Gasteiger partial charge in [-0.1, -0.05) is 76.2 Å². The molecular formula is C42H34F6O4. The molecule has 6 rings (SSSR count). The zero-order valence-corrected chi connectivity index (χ0v) is 28.8. The summed E-state index contributed by atoms with van der Waals surface area (Å²) in [6.07, 6.45) is 0.830. The molecule has 0 aromatic heterocycles. The Hall–Kier alpha value is -5.64. The Kier molecular flexibility index (Phi) is 11.7. The molecule has 0 saturated carbocycles. The SMILES string of the molecule is CC.CCCOC(=O)c1c(-c2cc(F)c(F)c(F)c2)cc2ccccc2c1-c1c(C(=O)OCCC)c(-c2cc(F)c(F)c(F)c2)cc2ccccc12. The molecule has 10 heteroatoms. The lowest BCUT2D eigenvalue weighted by Crippen LogP contribution is -2.14. The monoisotopic (exact) mass is 716 g/mol. The Labute approximate surface area is 296 Å². The Morgan fingerprint density at radius 1 is 0.519 bits per heavy atom. The third-order valence-electron chi connectivity index (χ3n) is 8.22. The zero-order chi connectivity index (χ0) is 37.7. The van der Waals surface area contributed by atoms with Gasteiger partial charge in [0, 0.05) is 11.1 Å². The molecule has 0 aliphatic carbocycles. The predicted octanol–water partition coefficient (Wildman–Crippen LogP) is 12.0. The van der Waals surface area contributed by atoms with Crippen molar-refractivity contribution in [3.63, 3.8) is 0 Å². The number of carbonyl (C=O) groups excluding carboxylic acids is 2. The van der Waals surface area contributed by atoms with E-state index < -0.39 is 46.8 Å². The number of carbonyl (C=O) groups is 2. The number of hydrogen-bond donors (Lipinski definition) is 0. The van der Waals surface area contributed by atoms with Crippen molar-refractivity contribution < 1.29 is 45.4 Å². The molecule has 0 N–H and O–H groups in total. The van der Waals surface area contributed by atoms with Crippen molar-refractivity contribution in [1.29, 1.82) is 0 Å². The maximum Gasteiger partial charge on any atom is 0.339 e. The van der Waals surface area contributed by atoms with Gasteiger partial charge in [0.1, 0.15) is 0 Å². The molecule has 6 aromatic rings. The molecule has 268 valence electrons. The number of rotatable bonds is 9. The second kappa shape index (κ2) is 16.1. The van der Waals surface area contributed by atoms with Gasteiger partial charge in [-0.25, -0.2) is 35.9 Å². The van der Waals surface area contributed by atoms with Crippen molar-refractivity contribution in [3.8, 4) is 33.4 Å². The average Bonchev–Trinajstić information content (AvgIpc) is 3.16. The number of benzene rings is 6. The number of ether oxygens (including phenoxy) is 2. The van der Waals surface area contributed by atoms with Crippen LogP contribution < -0.4 is 0 Å². The smallest absolute Gasteiger partial charge is 0.339 e. The van der Waals surface area contributed by atoms with Gasteiger partial charge in [0.25, 0.3) is 0 Å². The van der Waals surface area contributed by atoms with Gasteiger partial charge in [0.15, 0.2) is 34.9 Å². The van der Waals surface area contributed by atoms with E-state index in [-0.39, 0.29) is 57.7 Å². The summed E-state index contributed by atoms with van der Waals surface area (Å²) in [7, 11) is 0. The minimum Gasteiger partial charge on any atom is -0.462 e. The van der Waals surface area contributed by atoms with Gasteiger partial charge >= 0.3 is 11.9 Å². The van der Waals surface area contributed by atoms with Gasteiger partial charge < -0.3 is 9.47 Å². The summed E-state index contributed by atoms with van der Waals surface area (Å²) >= 11 is 0. The average molecular weight is 717 g/mol. The lowest BCUT2D eigenvalue weighted by Gasteiger charge is -2.23. The normalized spacial score (nSPS) is 11.0. The van der Waals surface area contributed by atoms with E-state index in [1.165, 1.54) is 12.1 Å². The fourth-order valence-corrected chi connectivity index (χ4v) is 6.05. The van der Waals surface area contributed by atoms with E-state index in [0.717, 1.165) is 24.3 Å². The first-order valence-corrected chi connectivity index (χ1v) is 16.8. The fourth-order valence-electron chi connectivity index (χ4n) is 6.05. The summed E-state index contributed by atoms with van der Waals surface area (Å²) < 4.78 is 98.6. The van der Waals surface area contributed by atoms with Gasteiger partial charge in [-0.15, -0.1) is 0 Å². The Morgan fingerprint density at radius 2 is 0.846 bits per heavy atom. The topological polar surface area (TPSA) is 52.6 Å². The van der Waals surface area contributed by atoms with Gasteiger partial charge in [0.05, 0.1) is 24.3 Å². The van der Waals surface area contributed by atoms with Crippen molar-refractivity contribution >= 4 is 33.5 Å². The highest BCUT2D eigenvalue weighted by Crippen LogP contribution is 2.47. The maximum atomic E-state index is 14.7. The molecule has 0 heterocycles. The summed E-state index contributed by atoms with van der Waals surface area (Å²) in [4.78, 5) is 28.4. The standard InChI is InChI=1S/C40H28F6O4.C2H6/c1-3-13-49-39(47)35-27(23-17-29(41)37(45)30(42)18-23)15-21-9-5-7-11-25(21)33(35)34-26-12-8-6-10-22(26)16-28(36(34)40(48)50-14-4-2)24-19-31(43)38(46)32(44)20-24;1-2/h5-12,15-20H,3-4,13-14H2,1-2H3;1-2H3. The third kappa shape index (κ3) is 7.10. The molecule has 0 amide bonds. The van der Waals surface area contributed by atoms with Crippen LogP contribution in [-0.4, -0.2) is 25.2 Å². The van der Waals surface area contributed by atoms with Crippen LogP contribution in [0.25, 0.3) is 54.9 Å². The van der Waals surface area contributed by atoms with E-state index in [1.54, 1.807) is 62.4 Å². The fraction of sp³-hybridized carbons (Fsp3) is 0.190. The summed E-state index contributed by atoms with van der Waals surface area (Å²) in [6, 6.07) is 19.4. The van der Waals surface area contributed by atoms with Gasteiger partial charge in [-0.2, -0.15) is 0 Å². The molecule has 0 spiro atoms. The van der Waals surface area contributed by atoms with Crippen LogP contribution in [0.2, 0.25) is 0 Å². The summed E-state index contributed by atoms with van der Waals surface area (Å²) in [5, 5.41) is 1.70. The van der Waals surface area contributed by atoms with Crippen molar-refractivity contribution in [2.75, 3.05) is 13.2 Å². The predicted molar refractivity (Wildman–Crippen MR) is 190 cm³/mol. The number of halogens is 6. The Balaban J connectivity index is 0.00000257. The molecule has 0 fully saturated rings. The van der Waals surface area contributed by atoms with Crippen molar-refractivity contribution in [2.45, 2.75) is 40.5 Å². The highest BCUT2D eigenvalue weighted by atomic mass is 19.2. The van der Waals surface area contributed by atoms with Crippen LogP contribution in [0.3, 0.4) is 0 Å². The van der Waals surface area contributed by atoms with E-state index in [1.807, 2.05) is 13.8 Å². The zero-order valence-electron chi connectivity index (χ0n) is 28.8. The third-order valence-corrected chi connectivity index (χ3v) is 8.22. The highest BCUT2D eigenvalue weighted by Gasteiger charge is 2.31. The highest BCUT2D eigenvalue weighted by molar-refractivity contribution is 6.22. The molecular weight excluding hydrogens is 682 g/mol. The molecule has 0 unspecified atom stereocenters. The second-order valence-electron chi connectivity index (χ2n) is 11.6. The van der Waals surface area contributed by atoms with E-state index >= 15 is 0 Å². The van der Waals surface area contributed by atoms with Crippen LogP contribution >= 0.6 is 0 Å². The first-order valence-electron chi connectivity index (χ1n) is 16.8. The Morgan fingerprint density at radius 3 is 1.17 bits per heavy atom. The summed E-state index contributed by atoms with van der Waals surface area (Å²) in [6.45, 7) is 7.44. The molecule has 52 heavy (non-hydrogen) atoms.